The predicted octanol–water partition coefficient (Wildman–Crippen LogP) is 4.77. The van der Waals surface area contributed by atoms with E-state index in [4.69, 9.17) is 22.1 Å². The highest BCUT2D eigenvalue weighted by molar-refractivity contribution is 6.30. The number of carbonyl (C=O) groups is 2. The number of anilines is 3. The van der Waals surface area contributed by atoms with Crippen molar-refractivity contribution >= 4 is 46.6 Å². The topological polar surface area (TPSA) is 96.7 Å². The lowest BCUT2D eigenvalue weighted by Gasteiger charge is -2.30. The number of nitrogens with two attached hydrogens (primary N) is 1. The molecular formula is C29H29ClN4O3. The maximum absolute atomic E-state index is 13.4. The zero-order valence-electron chi connectivity index (χ0n) is 20.3. The highest BCUT2D eigenvalue weighted by atomic mass is 35.5. The molecule has 8 heteroatoms. The van der Waals surface area contributed by atoms with Crippen LogP contribution in [-0.2, 0) is 14.3 Å². The number of morpholine rings is 1. The summed E-state index contributed by atoms with van der Waals surface area (Å²) in [5, 5.41) is 6.43. The van der Waals surface area contributed by atoms with E-state index in [2.05, 4.69) is 15.5 Å². The fourth-order valence-corrected chi connectivity index (χ4v) is 4.96. The van der Waals surface area contributed by atoms with E-state index >= 15 is 0 Å². The van der Waals surface area contributed by atoms with Gasteiger partial charge in [0.05, 0.1) is 30.0 Å². The Labute approximate surface area is 221 Å². The van der Waals surface area contributed by atoms with Gasteiger partial charge >= 0.3 is 0 Å². The highest BCUT2D eigenvalue weighted by Gasteiger charge is 2.40. The lowest BCUT2D eigenvalue weighted by Crippen LogP contribution is -2.42. The standard InChI is InChI=1S/C29H29ClN4O3/c30-21-10-12-22(13-11-21)32-29(36)25(17-34-16-24-15-23(34)18-37-24)20-8-5-19(6-9-20)7-14-28(35)33-27-4-2-1-3-26(27)31/h1-14,23-25H,15-18,31H2,(H,32,36)(H,33,35)/b14-7+/t23-,24-,25?/m0/s1. The summed E-state index contributed by atoms with van der Waals surface area (Å²) in [4.78, 5) is 28.1. The van der Waals surface area contributed by atoms with Gasteiger partial charge in [-0.1, -0.05) is 48.0 Å². The molecule has 2 heterocycles. The number of rotatable bonds is 8. The van der Waals surface area contributed by atoms with Crippen molar-refractivity contribution in [1.29, 1.82) is 0 Å². The highest BCUT2D eigenvalue weighted by Crippen LogP contribution is 2.31. The first kappa shape index (κ1) is 25.0. The molecule has 3 aromatic carbocycles. The Bertz CT molecular complexity index is 1290. The lowest BCUT2D eigenvalue weighted by molar-refractivity contribution is -0.118. The van der Waals surface area contributed by atoms with Gasteiger partial charge in [0.1, 0.15) is 0 Å². The number of halogens is 1. The van der Waals surface area contributed by atoms with Gasteiger partial charge in [0.15, 0.2) is 0 Å². The third-order valence-electron chi connectivity index (χ3n) is 6.84. The van der Waals surface area contributed by atoms with Gasteiger partial charge < -0.3 is 21.1 Å². The van der Waals surface area contributed by atoms with Crippen LogP contribution in [0.5, 0.6) is 0 Å². The quantitative estimate of drug-likeness (QED) is 0.296. The number of fused-ring (bicyclic) bond motifs is 2. The molecule has 0 aliphatic carbocycles. The first-order chi connectivity index (χ1) is 17.9. The summed E-state index contributed by atoms with van der Waals surface area (Å²) in [7, 11) is 0. The molecule has 0 aromatic heterocycles. The fraction of sp³-hybridized carbons (Fsp3) is 0.241. The van der Waals surface area contributed by atoms with E-state index in [9.17, 15) is 9.59 Å². The smallest absolute Gasteiger partial charge is 0.248 e. The second-order valence-corrected chi connectivity index (χ2v) is 9.86. The van der Waals surface area contributed by atoms with Gasteiger partial charge in [0.25, 0.3) is 0 Å². The molecule has 1 unspecified atom stereocenters. The normalized spacial score (nSPS) is 19.7. The minimum absolute atomic E-state index is 0.0749. The summed E-state index contributed by atoms with van der Waals surface area (Å²) < 4.78 is 5.74. The molecule has 3 atom stereocenters. The van der Waals surface area contributed by atoms with E-state index in [0.29, 0.717) is 34.7 Å². The summed E-state index contributed by atoms with van der Waals surface area (Å²) in [6.45, 7) is 2.17. The van der Waals surface area contributed by atoms with Crippen molar-refractivity contribution in [1.82, 2.24) is 4.90 Å². The second-order valence-electron chi connectivity index (χ2n) is 9.42. The Balaban J connectivity index is 1.29. The van der Waals surface area contributed by atoms with Crippen LogP contribution in [0.1, 0.15) is 23.5 Å². The molecule has 0 saturated carbocycles. The van der Waals surface area contributed by atoms with Crippen molar-refractivity contribution in [3.05, 3.63) is 95.0 Å². The number of nitrogens with one attached hydrogen (secondary N) is 2. The minimum Gasteiger partial charge on any atom is -0.397 e. The number of ether oxygens (including phenoxy) is 1. The maximum Gasteiger partial charge on any atom is 0.248 e. The largest absolute Gasteiger partial charge is 0.397 e. The van der Waals surface area contributed by atoms with Crippen molar-refractivity contribution in [2.24, 2.45) is 0 Å². The zero-order valence-corrected chi connectivity index (χ0v) is 21.0. The number of amides is 2. The molecule has 2 aliphatic heterocycles. The first-order valence-electron chi connectivity index (χ1n) is 12.3. The Hall–Kier alpha value is -3.65. The Morgan fingerprint density at radius 2 is 1.81 bits per heavy atom. The van der Waals surface area contributed by atoms with Crippen molar-refractivity contribution in [2.45, 2.75) is 24.5 Å². The van der Waals surface area contributed by atoms with Crippen LogP contribution in [0, 0.1) is 0 Å². The van der Waals surface area contributed by atoms with Crippen LogP contribution < -0.4 is 16.4 Å². The van der Waals surface area contributed by atoms with Crippen LogP contribution in [0.2, 0.25) is 5.02 Å². The molecule has 2 bridgehead atoms. The number of para-hydroxylation sites is 2. The van der Waals surface area contributed by atoms with Crippen LogP contribution in [-0.4, -0.2) is 48.6 Å². The molecule has 0 radical (unpaired) electrons. The number of carbonyl (C=O) groups excluding carboxylic acids is 2. The Kier molecular flexibility index (Phi) is 7.55. The van der Waals surface area contributed by atoms with Crippen LogP contribution in [0.3, 0.4) is 0 Å². The van der Waals surface area contributed by atoms with Crippen LogP contribution in [0.15, 0.2) is 78.9 Å². The van der Waals surface area contributed by atoms with E-state index in [0.717, 1.165) is 30.7 Å². The molecule has 5 rings (SSSR count). The van der Waals surface area contributed by atoms with E-state index in [-0.39, 0.29) is 23.8 Å². The van der Waals surface area contributed by atoms with Crippen molar-refractivity contribution < 1.29 is 14.3 Å². The first-order valence-corrected chi connectivity index (χ1v) is 12.7. The third kappa shape index (κ3) is 6.20. The average Bonchev–Trinajstić information content (AvgIpc) is 3.53. The monoisotopic (exact) mass is 516 g/mol. The number of hydrogen-bond donors (Lipinski definition) is 3. The van der Waals surface area contributed by atoms with Crippen LogP contribution in [0.25, 0.3) is 6.08 Å². The van der Waals surface area contributed by atoms with E-state index < -0.39 is 0 Å². The number of nitrogens with zero attached hydrogens (tertiary/aromatic N) is 1. The maximum atomic E-state index is 13.4. The fourth-order valence-electron chi connectivity index (χ4n) is 4.84. The second kappa shape index (κ2) is 11.2. The lowest BCUT2D eigenvalue weighted by atomic mass is 9.95. The van der Waals surface area contributed by atoms with E-state index in [1.54, 1.807) is 42.5 Å². The molecule has 4 N–H and O–H groups in total. The summed E-state index contributed by atoms with van der Waals surface area (Å²) in [5.41, 5.74) is 9.44. The number of nitrogen functional groups attached to an aromatic ring is 1. The molecule has 7 nitrogen and oxygen atoms in total. The molecule has 2 aliphatic rings. The molecule has 190 valence electrons. The van der Waals surface area contributed by atoms with Crippen molar-refractivity contribution in [3.63, 3.8) is 0 Å². The SMILES string of the molecule is Nc1ccccc1NC(=O)/C=C/c1ccc(C(CN2C[C@@H]3C[C@H]2CO3)C(=O)Nc2ccc(Cl)cc2)cc1. The number of benzene rings is 3. The van der Waals surface area contributed by atoms with Crippen molar-refractivity contribution in [2.75, 3.05) is 36.1 Å². The molecule has 37 heavy (non-hydrogen) atoms. The zero-order chi connectivity index (χ0) is 25.8. The van der Waals surface area contributed by atoms with Gasteiger partial charge in [-0.15, -0.1) is 0 Å². The molecule has 2 fully saturated rings. The van der Waals surface area contributed by atoms with Gasteiger partial charge in [0.2, 0.25) is 11.8 Å². The third-order valence-corrected chi connectivity index (χ3v) is 7.10. The van der Waals surface area contributed by atoms with Gasteiger partial charge in [0, 0.05) is 35.9 Å². The summed E-state index contributed by atoms with van der Waals surface area (Å²) in [5.74, 6) is -0.708. The predicted molar refractivity (Wildman–Crippen MR) is 148 cm³/mol. The van der Waals surface area contributed by atoms with Crippen LogP contribution >= 0.6 is 11.6 Å². The van der Waals surface area contributed by atoms with Crippen molar-refractivity contribution in [3.8, 4) is 0 Å². The van der Waals surface area contributed by atoms with Gasteiger partial charge in [-0.05, 0) is 60.0 Å². The van der Waals surface area contributed by atoms with E-state index in [1.807, 2.05) is 36.4 Å². The molecule has 2 saturated heterocycles. The van der Waals surface area contributed by atoms with Gasteiger partial charge in [-0.2, -0.15) is 0 Å². The number of likely N-dealkylation sites (tertiary alicyclic amines) is 1. The minimum atomic E-state index is -0.364. The molecule has 3 aromatic rings. The number of hydrogen-bond acceptors (Lipinski definition) is 5. The van der Waals surface area contributed by atoms with E-state index in [1.165, 1.54) is 6.08 Å². The summed E-state index contributed by atoms with van der Waals surface area (Å²) in [6, 6.07) is 22.3. The summed E-state index contributed by atoms with van der Waals surface area (Å²) >= 11 is 6.00. The Morgan fingerprint density at radius 1 is 1.05 bits per heavy atom. The molecule has 2 amide bonds. The van der Waals surface area contributed by atoms with Gasteiger partial charge in [-0.25, -0.2) is 0 Å². The summed E-state index contributed by atoms with van der Waals surface area (Å²) in [6.07, 6.45) is 4.48. The molecular weight excluding hydrogens is 488 g/mol. The van der Waals surface area contributed by atoms with Gasteiger partial charge in [-0.3, -0.25) is 14.5 Å². The van der Waals surface area contributed by atoms with Crippen LogP contribution in [0.4, 0.5) is 17.1 Å². The Morgan fingerprint density at radius 3 is 2.49 bits per heavy atom. The average molecular weight is 517 g/mol. The molecule has 0 spiro atoms.